The number of methoxy groups -OCH3 is 1. The summed E-state index contributed by atoms with van der Waals surface area (Å²) in [5.41, 5.74) is 3.41. The first kappa shape index (κ1) is 16.3. The Bertz CT molecular complexity index is 772. The second kappa shape index (κ2) is 6.48. The molecule has 1 N–H and O–H groups in total. The van der Waals surface area contributed by atoms with Crippen molar-refractivity contribution < 1.29 is 14.4 Å². The zero-order chi connectivity index (χ0) is 17.3. The lowest BCUT2D eigenvalue weighted by Gasteiger charge is -2.22. The minimum absolute atomic E-state index is 0.126. The molecule has 0 amide bonds. The molecule has 0 bridgehead atoms. The molecule has 1 aliphatic rings. The highest BCUT2D eigenvalue weighted by molar-refractivity contribution is 5.73. The molecule has 0 spiro atoms. The summed E-state index contributed by atoms with van der Waals surface area (Å²) in [5.74, 6) is 0.484. The quantitative estimate of drug-likeness (QED) is 0.667. The first-order valence-electron chi connectivity index (χ1n) is 7.79. The highest BCUT2D eigenvalue weighted by atomic mass is 16.6. The number of aromatic amines is 1. The van der Waals surface area contributed by atoms with Crippen molar-refractivity contribution in [3.05, 3.63) is 33.5 Å². The minimum Gasteiger partial charge on any atom is -0.490 e. The third kappa shape index (κ3) is 2.80. The Balaban J connectivity index is 2.15. The normalized spacial score (nSPS) is 14.3. The van der Waals surface area contributed by atoms with Crippen molar-refractivity contribution in [2.45, 2.75) is 19.9 Å². The smallest absolute Gasteiger partial charge is 0.315 e. The van der Waals surface area contributed by atoms with Crippen LogP contribution in [0.3, 0.4) is 0 Å². The highest BCUT2D eigenvalue weighted by Gasteiger charge is 2.26. The molecule has 3 rings (SSSR count). The molecule has 2 aromatic rings. The Hall–Kier alpha value is -2.61. The molecule has 8 heteroatoms. The van der Waals surface area contributed by atoms with Gasteiger partial charge >= 0.3 is 5.69 Å². The van der Waals surface area contributed by atoms with E-state index in [-0.39, 0.29) is 11.4 Å². The summed E-state index contributed by atoms with van der Waals surface area (Å²) in [6, 6.07) is 3.24. The summed E-state index contributed by atoms with van der Waals surface area (Å²) in [4.78, 5) is 13.2. The van der Waals surface area contributed by atoms with E-state index in [0.29, 0.717) is 17.9 Å². The van der Waals surface area contributed by atoms with E-state index in [2.05, 4.69) is 15.1 Å². The molecule has 1 aliphatic heterocycles. The van der Waals surface area contributed by atoms with Gasteiger partial charge in [-0.05, 0) is 20.0 Å². The van der Waals surface area contributed by atoms with Gasteiger partial charge < -0.3 is 14.4 Å². The molecule has 1 aromatic carbocycles. The topological polar surface area (TPSA) is 93.5 Å². The van der Waals surface area contributed by atoms with Crippen LogP contribution in [0.5, 0.6) is 11.5 Å². The van der Waals surface area contributed by atoms with E-state index < -0.39 is 4.92 Å². The van der Waals surface area contributed by atoms with Gasteiger partial charge in [0.1, 0.15) is 0 Å². The Morgan fingerprint density at radius 1 is 1.46 bits per heavy atom. The molecule has 0 saturated heterocycles. The minimum atomic E-state index is -0.462. The van der Waals surface area contributed by atoms with Gasteiger partial charge in [0.15, 0.2) is 5.75 Å². The van der Waals surface area contributed by atoms with Crippen molar-refractivity contribution in [2.24, 2.45) is 0 Å². The van der Waals surface area contributed by atoms with Gasteiger partial charge in [-0.3, -0.25) is 15.2 Å². The number of aromatic nitrogens is 2. The molecule has 1 aromatic heterocycles. The van der Waals surface area contributed by atoms with Gasteiger partial charge in [0.05, 0.1) is 24.3 Å². The summed E-state index contributed by atoms with van der Waals surface area (Å²) in [7, 11) is 3.44. The number of nitro benzene ring substituents is 1. The van der Waals surface area contributed by atoms with Crippen LogP contribution < -0.4 is 9.47 Å². The second-order valence-corrected chi connectivity index (χ2v) is 5.73. The number of benzene rings is 1. The van der Waals surface area contributed by atoms with Gasteiger partial charge in [0, 0.05) is 42.4 Å². The SMILES string of the molecule is CCOc1cc(-c2n[nH]c3c2CN(C)CC3)cc([N+](=O)[O-])c1OC. The van der Waals surface area contributed by atoms with E-state index in [9.17, 15) is 10.1 Å². The van der Waals surface area contributed by atoms with Crippen LogP contribution in [0.2, 0.25) is 0 Å². The van der Waals surface area contributed by atoms with Crippen LogP contribution in [0.15, 0.2) is 12.1 Å². The maximum absolute atomic E-state index is 11.4. The Labute approximate surface area is 139 Å². The number of nitrogens with one attached hydrogen (secondary N) is 1. The van der Waals surface area contributed by atoms with Gasteiger partial charge in [0.2, 0.25) is 5.75 Å². The number of rotatable bonds is 5. The second-order valence-electron chi connectivity index (χ2n) is 5.73. The van der Waals surface area contributed by atoms with Crippen LogP contribution in [0.25, 0.3) is 11.3 Å². The van der Waals surface area contributed by atoms with Gasteiger partial charge in [-0.2, -0.15) is 5.10 Å². The lowest BCUT2D eigenvalue weighted by atomic mass is 10.0. The number of hydrogen-bond donors (Lipinski definition) is 1. The molecular formula is C16H20N4O4. The number of nitrogens with zero attached hydrogens (tertiary/aromatic N) is 3. The third-order valence-electron chi connectivity index (χ3n) is 4.13. The molecule has 0 fully saturated rings. The maximum atomic E-state index is 11.4. The van der Waals surface area contributed by atoms with Crippen LogP contribution in [0.4, 0.5) is 5.69 Å². The first-order valence-corrected chi connectivity index (χ1v) is 7.79. The largest absolute Gasteiger partial charge is 0.490 e. The monoisotopic (exact) mass is 332 g/mol. The number of fused-ring (bicyclic) bond motifs is 1. The van der Waals surface area contributed by atoms with Crippen LogP contribution in [-0.4, -0.2) is 47.3 Å². The van der Waals surface area contributed by atoms with Crippen LogP contribution >= 0.6 is 0 Å². The number of ether oxygens (including phenoxy) is 2. The van der Waals surface area contributed by atoms with Crippen molar-refractivity contribution in [2.75, 3.05) is 27.3 Å². The molecule has 0 saturated carbocycles. The predicted octanol–water partition coefficient (Wildman–Crippen LogP) is 2.38. The summed E-state index contributed by atoms with van der Waals surface area (Å²) in [6.07, 6.45) is 0.884. The zero-order valence-electron chi connectivity index (χ0n) is 14.0. The fourth-order valence-corrected chi connectivity index (χ4v) is 3.00. The standard InChI is InChI=1S/C16H20N4O4/c1-4-24-14-8-10(7-13(20(21)22)16(14)23-3)15-11-9-19(2)6-5-12(11)17-18-15/h7-8H,4-6,9H2,1-3H3,(H,17,18). The van der Waals surface area contributed by atoms with Gasteiger partial charge in [0.25, 0.3) is 0 Å². The summed E-state index contributed by atoms with van der Waals surface area (Å²) in [5, 5.41) is 18.9. The molecular weight excluding hydrogens is 312 g/mol. The Morgan fingerprint density at radius 3 is 2.92 bits per heavy atom. The van der Waals surface area contributed by atoms with Crippen molar-refractivity contribution in [1.29, 1.82) is 0 Å². The molecule has 0 unspecified atom stereocenters. The summed E-state index contributed by atoms with van der Waals surface area (Å²) in [6.45, 7) is 3.92. The fraction of sp³-hybridized carbons (Fsp3) is 0.438. The third-order valence-corrected chi connectivity index (χ3v) is 4.13. The van der Waals surface area contributed by atoms with Gasteiger partial charge in [-0.1, -0.05) is 0 Å². The Kier molecular flexibility index (Phi) is 4.39. The van der Waals surface area contributed by atoms with Crippen molar-refractivity contribution >= 4 is 5.69 Å². The summed E-state index contributed by atoms with van der Waals surface area (Å²) >= 11 is 0. The molecule has 0 radical (unpaired) electrons. The van der Waals surface area contributed by atoms with Gasteiger partial charge in [-0.25, -0.2) is 0 Å². The number of hydrogen-bond acceptors (Lipinski definition) is 6. The van der Waals surface area contributed by atoms with Crippen molar-refractivity contribution in [3.63, 3.8) is 0 Å². The first-order chi connectivity index (χ1) is 11.5. The van der Waals surface area contributed by atoms with E-state index in [1.165, 1.54) is 13.2 Å². The Morgan fingerprint density at radius 2 is 2.25 bits per heavy atom. The van der Waals surface area contributed by atoms with Crippen LogP contribution in [-0.2, 0) is 13.0 Å². The summed E-state index contributed by atoms with van der Waals surface area (Å²) < 4.78 is 10.7. The average molecular weight is 332 g/mol. The molecule has 2 heterocycles. The number of nitro groups is 1. The molecule has 8 nitrogen and oxygen atoms in total. The van der Waals surface area contributed by atoms with E-state index >= 15 is 0 Å². The number of H-pyrrole nitrogens is 1. The highest BCUT2D eigenvalue weighted by Crippen LogP contribution is 2.42. The van der Waals surface area contributed by atoms with Crippen LogP contribution in [0.1, 0.15) is 18.2 Å². The van der Waals surface area contributed by atoms with Crippen molar-refractivity contribution in [1.82, 2.24) is 15.1 Å². The van der Waals surface area contributed by atoms with E-state index in [0.717, 1.165) is 36.5 Å². The zero-order valence-corrected chi connectivity index (χ0v) is 14.0. The van der Waals surface area contributed by atoms with Crippen molar-refractivity contribution in [3.8, 4) is 22.8 Å². The van der Waals surface area contributed by atoms with E-state index in [4.69, 9.17) is 9.47 Å². The maximum Gasteiger partial charge on any atom is 0.315 e. The predicted molar refractivity (Wildman–Crippen MR) is 88.4 cm³/mol. The van der Waals surface area contributed by atoms with E-state index in [1.807, 2.05) is 14.0 Å². The van der Waals surface area contributed by atoms with Gasteiger partial charge in [-0.15, -0.1) is 0 Å². The molecule has 0 aliphatic carbocycles. The lowest BCUT2D eigenvalue weighted by Crippen LogP contribution is -2.26. The fourth-order valence-electron chi connectivity index (χ4n) is 3.00. The molecule has 128 valence electrons. The lowest BCUT2D eigenvalue weighted by molar-refractivity contribution is -0.385. The van der Waals surface area contributed by atoms with E-state index in [1.54, 1.807) is 6.07 Å². The number of likely N-dealkylation sites (N-methyl/N-ethyl adjacent to an activating group) is 1. The molecule has 0 atom stereocenters. The molecule has 24 heavy (non-hydrogen) atoms. The average Bonchev–Trinajstić information content (AvgIpc) is 2.97. The van der Waals surface area contributed by atoms with Crippen LogP contribution in [0, 0.1) is 10.1 Å².